The number of benzene rings is 2. The van der Waals surface area contributed by atoms with E-state index in [1.165, 1.54) is 19.2 Å². The van der Waals surface area contributed by atoms with E-state index in [0.717, 1.165) is 11.3 Å². The molecule has 2 N–H and O–H groups in total. The van der Waals surface area contributed by atoms with Crippen LogP contribution in [0.2, 0.25) is 0 Å². The average Bonchev–Trinajstić information content (AvgIpc) is 3.21. The van der Waals surface area contributed by atoms with E-state index in [4.69, 9.17) is 0 Å². The van der Waals surface area contributed by atoms with E-state index in [0.29, 0.717) is 6.54 Å². The Morgan fingerprint density at radius 1 is 1.15 bits per heavy atom. The summed E-state index contributed by atoms with van der Waals surface area (Å²) in [6.07, 6.45) is 5.27. The first-order valence-corrected chi connectivity index (χ1v) is 9.37. The molecule has 1 aromatic heterocycles. The molecule has 7 nitrogen and oxygen atoms in total. The first kappa shape index (κ1) is 17.8. The van der Waals surface area contributed by atoms with Gasteiger partial charge in [-0.05, 0) is 42.9 Å². The number of rotatable bonds is 6. The van der Waals surface area contributed by atoms with Crippen molar-refractivity contribution >= 4 is 15.9 Å². The van der Waals surface area contributed by atoms with Crippen molar-refractivity contribution in [2.45, 2.75) is 11.4 Å². The van der Waals surface area contributed by atoms with Crippen molar-refractivity contribution in [1.29, 1.82) is 0 Å². The molecular weight excluding hydrogens is 352 g/mol. The van der Waals surface area contributed by atoms with Crippen LogP contribution in [0, 0.1) is 0 Å². The van der Waals surface area contributed by atoms with Crippen LogP contribution in [0.25, 0.3) is 5.69 Å². The number of nitrogens with zero attached hydrogens (tertiary/aromatic N) is 2. The van der Waals surface area contributed by atoms with E-state index in [2.05, 4.69) is 15.0 Å². The van der Waals surface area contributed by atoms with Gasteiger partial charge in [0.25, 0.3) is 5.91 Å². The molecule has 8 heteroatoms. The molecule has 0 aliphatic carbocycles. The maximum atomic E-state index is 12.3. The predicted molar refractivity (Wildman–Crippen MR) is 97.4 cm³/mol. The van der Waals surface area contributed by atoms with E-state index in [1.807, 2.05) is 35.0 Å². The smallest absolute Gasteiger partial charge is 0.251 e. The fourth-order valence-corrected chi connectivity index (χ4v) is 3.18. The highest BCUT2D eigenvalue weighted by Gasteiger charge is 2.14. The van der Waals surface area contributed by atoms with Crippen LogP contribution in [0.15, 0.2) is 72.1 Å². The second kappa shape index (κ2) is 7.51. The molecule has 2 aromatic carbocycles. The SMILES string of the molecule is CNS(=O)(=O)c1cccc(C(=O)NCc2ccc(-n3ccnc3)cc2)c1. The van der Waals surface area contributed by atoms with Gasteiger partial charge in [0.05, 0.1) is 11.2 Å². The largest absolute Gasteiger partial charge is 0.348 e. The molecule has 3 aromatic rings. The molecule has 1 amide bonds. The molecule has 0 atom stereocenters. The monoisotopic (exact) mass is 370 g/mol. The van der Waals surface area contributed by atoms with Gasteiger partial charge in [0, 0.05) is 30.2 Å². The minimum Gasteiger partial charge on any atom is -0.348 e. The summed E-state index contributed by atoms with van der Waals surface area (Å²) in [5.74, 6) is -0.336. The van der Waals surface area contributed by atoms with Crippen molar-refractivity contribution in [3.8, 4) is 5.69 Å². The lowest BCUT2D eigenvalue weighted by Crippen LogP contribution is -2.24. The average molecular weight is 370 g/mol. The Labute approximate surface area is 151 Å². The number of hydrogen-bond acceptors (Lipinski definition) is 4. The third-order valence-electron chi connectivity index (χ3n) is 3.87. The number of hydrogen-bond donors (Lipinski definition) is 2. The molecular formula is C18H18N4O3S. The second-order valence-corrected chi connectivity index (χ2v) is 7.44. The van der Waals surface area contributed by atoms with Gasteiger partial charge < -0.3 is 9.88 Å². The molecule has 0 unspecified atom stereocenters. The van der Waals surface area contributed by atoms with Crippen molar-refractivity contribution in [2.75, 3.05) is 7.05 Å². The molecule has 0 fully saturated rings. The number of amides is 1. The zero-order valence-electron chi connectivity index (χ0n) is 14.1. The van der Waals surface area contributed by atoms with E-state index in [9.17, 15) is 13.2 Å². The molecule has 134 valence electrons. The minimum atomic E-state index is -3.59. The van der Waals surface area contributed by atoms with Crippen LogP contribution in [0.1, 0.15) is 15.9 Å². The summed E-state index contributed by atoms with van der Waals surface area (Å²) in [6.45, 7) is 0.339. The lowest BCUT2D eigenvalue weighted by molar-refractivity contribution is 0.0950. The first-order chi connectivity index (χ1) is 12.5. The zero-order valence-corrected chi connectivity index (χ0v) is 14.9. The molecule has 3 rings (SSSR count). The Bertz CT molecular complexity index is 997. The van der Waals surface area contributed by atoms with Gasteiger partial charge in [-0.2, -0.15) is 0 Å². The van der Waals surface area contributed by atoms with Crippen LogP contribution in [0.4, 0.5) is 0 Å². The highest BCUT2D eigenvalue weighted by atomic mass is 32.2. The lowest BCUT2D eigenvalue weighted by atomic mass is 10.2. The van der Waals surface area contributed by atoms with Gasteiger partial charge in [-0.15, -0.1) is 0 Å². The summed E-state index contributed by atoms with van der Waals surface area (Å²) in [5, 5.41) is 2.79. The Morgan fingerprint density at radius 3 is 2.58 bits per heavy atom. The lowest BCUT2D eigenvalue weighted by Gasteiger charge is -2.08. The normalized spacial score (nSPS) is 11.3. The number of imidazole rings is 1. The highest BCUT2D eigenvalue weighted by molar-refractivity contribution is 7.89. The maximum Gasteiger partial charge on any atom is 0.251 e. The summed E-state index contributed by atoms with van der Waals surface area (Å²) in [6, 6.07) is 13.6. The summed E-state index contributed by atoms with van der Waals surface area (Å²) in [5.41, 5.74) is 2.19. The van der Waals surface area contributed by atoms with Crippen molar-refractivity contribution in [1.82, 2.24) is 19.6 Å². The van der Waals surface area contributed by atoms with Crippen LogP contribution in [0.3, 0.4) is 0 Å². The Balaban J connectivity index is 1.67. The zero-order chi connectivity index (χ0) is 18.6. The number of carbonyl (C=O) groups is 1. The first-order valence-electron chi connectivity index (χ1n) is 7.89. The van der Waals surface area contributed by atoms with Gasteiger partial charge in [-0.25, -0.2) is 18.1 Å². The summed E-state index contributed by atoms with van der Waals surface area (Å²) >= 11 is 0. The molecule has 0 saturated carbocycles. The van der Waals surface area contributed by atoms with Crippen molar-refractivity contribution in [3.63, 3.8) is 0 Å². The van der Waals surface area contributed by atoms with E-state index >= 15 is 0 Å². The number of carbonyl (C=O) groups excluding carboxylic acids is 1. The van der Waals surface area contributed by atoms with Crippen LogP contribution < -0.4 is 10.0 Å². The molecule has 0 saturated heterocycles. The van der Waals surface area contributed by atoms with Crippen molar-refractivity contribution < 1.29 is 13.2 Å². The van der Waals surface area contributed by atoms with Gasteiger partial charge in [0.15, 0.2) is 0 Å². The van der Waals surface area contributed by atoms with Gasteiger partial charge in [0.1, 0.15) is 0 Å². The predicted octanol–water partition coefficient (Wildman–Crippen LogP) is 1.71. The van der Waals surface area contributed by atoms with Crippen molar-refractivity contribution in [3.05, 3.63) is 78.4 Å². The van der Waals surface area contributed by atoms with Crippen LogP contribution in [-0.2, 0) is 16.6 Å². The molecule has 0 aliphatic rings. The molecule has 1 heterocycles. The summed E-state index contributed by atoms with van der Waals surface area (Å²) in [4.78, 5) is 16.4. The van der Waals surface area contributed by atoms with Crippen LogP contribution >= 0.6 is 0 Å². The van der Waals surface area contributed by atoms with Crippen molar-refractivity contribution in [2.24, 2.45) is 0 Å². The molecule has 0 spiro atoms. The number of nitrogens with one attached hydrogen (secondary N) is 2. The second-order valence-electron chi connectivity index (χ2n) is 5.55. The highest BCUT2D eigenvalue weighted by Crippen LogP contribution is 2.12. The molecule has 26 heavy (non-hydrogen) atoms. The fourth-order valence-electron chi connectivity index (χ4n) is 2.40. The van der Waals surface area contributed by atoms with E-state index in [1.54, 1.807) is 24.7 Å². The van der Waals surface area contributed by atoms with E-state index in [-0.39, 0.29) is 16.4 Å². The van der Waals surface area contributed by atoms with Crippen LogP contribution in [0.5, 0.6) is 0 Å². The van der Waals surface area contributed by atoms with Gasteiger partial charge in [-0.1, -0.05) is 18.2 Å². The van der Waals surface area contributed by atoms with Crippen LogP contribution in [-0.4, -0.2) is 30.9 Å². The van der Waals surface area contributed by atoms with Gasteiger partial charge in [-0.3, -0.25) is 4.79 Å². The minimum absolute atomic E-state index is 0.0531. The molecule has 0 aliphatic heterocycles. The van der Waals surface area contributed by atoms with E-state index < -0.39 is 10.0 Å². The Hall–Kier alpha value is -2.97. The third-order valence-corrected chi connectivity index (χ3v) is 5.28. The maximum absolute atomic E-state index is 12.3. The summed E-state index contributed by atoms with van der Waals surface area (Å²) < 4.78 is 27.8. The fraction of sp³-hybridized carbons (Fsp3) is 0.111. The quantitative estimate of drug-likeness (QED) is 0.691. The Kier molecular flexibility index (Phi) is 5.15. The third kappa shape index (κ3) is 3.98. The number of aromatic nitrogens is 2. The number of sulfonamides is 1. The molecule has 0 bridgehead atoms. The molecule has 0 radical (unpaired) electrons. The topological polar surface area (TPSA) is 93.1 Å². The van der Waals surface area contributed by atoms with Gasteiger partial charge in [0.2, 0.25) is 10.0 Å². The Morgan fingerprint density at radius 2 is 1.92 bits per heavy atom. The standard InChI is InChI=1S/C18H18N4O3S/c1-19-26(24,25)17-4-2-3-15(11-17)18(23)21-12-14-5-7-16(8-6-14)22-10-9-20-13-22/h2-11,13,19H,12H2,1H3,(H,21,23). The van der Waals surface area contributed by atoms with Gasteiger partial charge >= 0.3 is 0 Å². The summed E-state index contributed by atoms with van der Waals surface area (Å²) in [7, 11) is -2.26.